The summed E-state index contributed by atoms with van der Waals surface area (Å²) < 4.78 is 10.5. The zero-order chi connectivity index (χ0) is 20.9. The first-order valence-corrected chi connectivity index (χ1v) is 11.1. The number of aliphatic hydroxyl groups is 1. The molecule has 2 aliphatic rings. The molecule has 0 heterocycles. The third-order valence-corrected chi connectivity index (χ3v) is 6.11. The highest BCUT2D eigenvalue weighted by Gasteiger charge is 2.33. The summed E-state index contributed by atoms with van der Waals surface area (Å²) in [5.74, 6) is 1.77. The summed E-state index contributed by atoms with van der Waals surface area (Å²) in [6.45, 7) is 3.21. The molecular weight excluding hydrogens is 376 g/mol. The summed E-state index contributed by atoms with van der Waals surface area (Å²) in [7, 11) is 3.39. The number of ether oxygens (including phenoxy) is 2. The Bertz CT molecular complexity index is 718. The maximum absolute atomic E-state index is 10.9. The summed E-state index contributed by atoms with van der Waals surface area (Å²) in [5, 5.41) is 10.9. The lowest BCUT2D eigenvalue weighted by Crippen LogP contribution is -2.41. The third-order valence-electron chi connectivity index (χ3n) is 6.11. The molecule has 2 aromatic rings. The molecule has 2 aliphatic carbocycles. The average Bonchev–Trinajstić information content (AvgIpc) is 3.66. The Kier molecular flexibility index (Phi) is 6.93. The summed E-state index contributed by atoms with van der Waals surface area (Å²) in [6, 6.07) is 17.8. The van der Waals surface area contributed by atoms with Crippen molar-refractivity contribution < 1.29 is 14.6 Å². The van der Waals surface area contributed by atoms with E-state index in [1.54, 1.807) is 14.2 Å². The van der Waals surface area contributed by atoms with Gasteiger partial charge < -0.3 is 14.6 Å². The molecule has 162 valence electrons. The van der Waals surface area contributed by atoms with Gasteiger partial charge in [0.05, 0.1) is 20.3 Å². The van der Waals surface area contributed by atoms with Crippen LogP contribution in [0.4, 0.5) is 0 Å². The molecule has 0 atom stereocenters. The predicted octanol–water partition coefficient (Wildman–Crippen LogP) is 3.69. The van der Waals surface area contributed by atoms with E-state index >= 15 is 0 Å². The van der Waals surface area contributed by atoms with Crippen LogP contribution in [-0.2, 0) is 13.1 Å². The highest BCUT2D eigenvalue weighted by molar-refractivity contribution is 5.28. The lowest BCUT2D eigenvalue weighted by molar-refractivity contribution is 0.0626. The van der Waals surface area contributed by atoms with E-state index in [0.717, 1.165) is 37.7 Å². The molecule has 0 aliphatic heterocycles. The number of rotatable bonds is 12. The molecule has 0 radical (unpaired) electrons. The van der Waals surface area contributed by atoms with E-state index in [0.29, 0.717) is 12.1 Å². The fourth-order valence-corrected chi connectivity index (χ4v) is 4.09. The van der Waals surface area contributed by atoms with Gasteiger partial charge in [-0.05, 0) is 61.1 Å². The van der Waals surface area contributed by atoms with Crippen molar-refractivity contribution in [2.75, 3.05) is 27.3 Å². The molecule has 30 heavy (non-hydrogen) atoms. The second-order valence-electron chi connectivity index (χ2n) is 8.67. The van der Waals surface area contributed by atoms with Crippen LogP contribution in [0.3, 0.4) is 0 Å². The van der Waals surface area contributed by atoms with E-state index < -0.39 is 0 Å². The summed E-state index contributed by atoms with van der Waals surface area (Å²) >= 11 is 0. The van der Waals surface area contributed by atoms with Crippen LogP contribution in [0.25, 0.3) is 0 Å². The molecule has 2 saturated carbocycles. The minimum absolute atomic E-state index is 0.345. The Balaban J connectivity index is 1.33. The van der Waals surface area contributed by atoms with Crippen molar-refractivity contribution in [3.63, 3.8) is 0 Å². The maximum Gasteiger partial charge on any atom is 0.118 e. The number of benzene rings is 2. The third kappa shape index (κ3) is 5.97. The molecule has 0 bridgehead atoms. The van der Waals surface area contributed by atoms with Crippen LogP contribution in [0.5, 0.6) is 11.5 Å². The van der Waals surface area contributed by atoms with Gasteiger partial charge >= 0.3 is 0 Å². The fourth-order valence-electron chi connectivity index (χ4n) is 4.09. The van der Waals surface area contributed by atoms with E-state index in [9.17, 15) is 5.11 Å². The molecular formula is C25H34N2O3. The van der Waals surface area contributed by atoms with Gasteiger partial charge in [-0.3, -0.25) is 9.80 Å². The van der Waals surface area contributed by atoms with Crippen LogP contribution < -0.4 is 9.47 Å². The van der Waals surface area contributed by atoms with Crippen LogP contribution in [0.2, 0.25) is 0 Å². The van der Waals surface area contributed by atoms with Gasteiger partial charge in [0.2, 0.25) is 0 Å². The fraction of sp³-hybridized carbons (Fsp3) is 0.520. The number of hydrogen-bond donors (Lipinski definition) is 1. The van der Waals surface area contributed by atoms with E-state index in [1.165, 1.54) is 36.8 Å². The van der Waals surface area contributed by atoms with Gasteiger partial charge in [0.1, 0.15) is 11.5 Å². The monoisotopic (exact) mass is 410 g/mol. The Hall–Kier alpha value is -2.08. The Labute approximate surface area is 180 Å². The molecule has 4 rings (SSSR count). The van der Waals surface area contributed by atoms with Gasteiger partial charge in [-0.1, -0.05) is 24.3 Å². The van der Waals surface area contributed by atoms with Crippen LogP contribution in [0.1, 0.15) is 36.8 Å². The zero-order valence-electron chi connectivity index (χ0n) is 18.2. The van der Waals surface area contributed by atoms with Gasteiger partial charge in [-0.2, -0.15) is 0 Å². The minimum atomic E-state index is -0.345. The Morgan fingerprint density at radius 1 is 0.733 bits per heavy atom. The molecule has 0 unspecified atom stereocenters. The van der Waals surface area contributed by atoms with Crippen LogP contribution in [0.15, 0.2) is 48.5 Å². The van der Waals surface area contributed by atoms with E-state index in [1.807, 2.05) is 24.3 Å². The first-order chi connectivity index (χ1) is 14.6. The quantitative estimate of drug-likeness (QED) is 0.578. The first kappa shape index (κ1) is 21.2. The smallest absolute Gasteiger partial charge is 0.118 e. The van der Waals surface area contributed by atoms with E-state index in [4.69, 9.17) is 9.47 Å². The molecule has 2 aromatic carbocycles. The number of aliphatic hydroxyl groups excluding tert-OH is 1. The standard InChI is InChI=1S/C25H34N2O3/c1-29-24-11-3-19(4-12-24)15-26(21-7-8-21)17-23(28)18-27(22-9-10-22)16-20-5-13-25(30-2)14-6-20/h3-6,11-14,21-23,28H,7-10,15-18H2,1-2H3. The van der Waals surface area contributed by atoms with Crippen molar-refractivity contribution in [2.24, 2.45) is 0 Å². The molecule has 5 heteroatoms. The lowest BCUT2D eigenvalue weighted by Gasteiger charge is -2.29. The largest absolute Gasteiger partial charge is 0.497 e. The second-order valence-corrected chi connectivity index (χ2v) is 8.67. The average molecular weight is 411 g/mol. The van der Waals surface area contributed by atoms with Crippen molar-refractivity contribution >= 4 is 0 Å². The first-order valence-electron chi connectivity index (χ1n) is 11.1. The summed E-state index contributed by atoms with van der Waals surface area (Å²) in [4.78, 5) is 4.90. The predicted molar refractivity (Wildman–Crippen MR) is 119 cm³/mol. The van der Waals surface area contributed by atoms with Crippen molar-refractivity contribution in [1.82, 2.24) is 9.80 Å². The van der Waals surface area contributed by atoms with Crippen molar-refractivity contribution in [3.05, 3.63) is 59.7 Å². The number of nitrogens with zero attached hydrogens (tertiary/aromatic N) is 2. The number of methoxy groups -OCH3 is 2. The molecule has 0 saturated heterocycles. The van der Waals surface area contributed by atoms with Crippen LogP contribution >= 0.6 is 0 Å². The normalized spacial score (nSPS) is 16.5. The van der Waals surface area contributed by atoms with Gasteiger partial charge in [0, 0.05) is 38.3 Å². The lowest BCUT2D eigenvalue weighted by atomic mass is 10.1. The van der Waals surface area contributed by atoms with E-state index in [2.05, 4.69) is 34.1 Å². The molecule has 0 aromatic heterocycles. The molecule has 0 amide bonds. The minimum Gasteiger partial charge on any atom is -0.497 e. The van der Waals surface area contributed by atoms with Gasteiger partial charge in [-0.15, -0.1) is 0 Å². The van der Waals surface area contributed by atoms with Gasteiger partial charge in [0.25, 0.3) is 0 Å². The molecule has 0 spiro atoms. The van der Waals surface area contributed by atoms with E-state index in [-0.39, 0.29) is 6.10 Å². The molecule has 2 fully saturated rings. The highest BCUT2D eigenvalue weighted by atomic mass is 16.5. The molecule has 1 N–H and O–H groups in total. The Morgan fingerprint density at radius 3 is 1.40 bits per heavy atom. The maximum atomic E-state index is 10.9. The SMILES string of the molecule is COc1ccc(CN(CC(O)CN(Cc2ccc(OC)cc2)C2CC2)C2CC2)cc1. The second kappa shape index (κ2) is 9.82. The zero-order valence-corrected chi connectivity index (χ0v) is 18.2. The van der Waals surface area contributed by atoms with Crippen molar-refractivity contribution in [2.45, 2.75) is 57.0 Å². The van der Waals surface area contributed by atoms with Crippen LogP contribution in [0, 0.1) is 0 Å². The van der Waals surface area contributed by atoms with Crippen molar-refractivity contribution in [1.29, 1.82) is 0 Å². The highest BCUT2D eigenvalue weighted by Crippen LogP contribution is 2.31. The number of hydrogen-bond acceptors (Lipinski definition) is 5. The van der Waals surface area contributed by atoms with Gasteiger partial charge in [0.15, 0.2) is 0 Å². The molecule has 5 nitrogen and oxygen atoms in total. The van der Waals surface area contributed by atoms with Crippen molar-refractivity contribution in [3.8, 4) is 11.5 Å². The summed E-state index contributed by atoms with van der Waals surface area (Å²) in [6.07, 6.45) is 4.60. The van der Waals surface area contributed by atoms with Crippen LogP contribution in [-0.4, -0.2) is 60.4 Å². The topological polar surface area (TPSA) is 45.2 Å². The van der Waals surface area contributed by atoms with Gasteiger partial charge in [-0.25, -0.2) is 0 Å². The summed E-state index contributed by atoms with van der Waals surface area (Å²) in [5.41, 5.74) is 2.54. The Morgan fingerprint density at radius 2 is 1.10 bits per heavy atom.